The molecule has 4 nitrogen and oxygen atoms in total. The minimum Gasteiger partial charge on any atom is -0.389 e. The van der Waals surface area contributed by atoms with Crippen molar-refractivity contribution in [3.8, 4) is 0 Å². The van der Waals surface area contributed by atoms with E-state index in [0.717, 1.165) is 37.2 Å². The van der Waals surface area contributed by atoms with Crippen molar-refractivity contribution in [2.24, 2.45) is 11.7 Å². The number of hydrogen-bond donors (Lipinski definition) is 2. The predicted molar refractivity (Wildman–Crippen MR) is 76.2 cm³/mol. The third-order valence-electron chi connectivity index (χ3n) is 3.69. The fraction of sp³-hybridized carbons (Fsp3) is 0.500. The van der Waals surface area contributed by atoms with Crippen molar-refractivity contribution < 1.29 is 9.90 Å². The highest BCUT2D eigenvalue weighted by atomic mass is 35.5. The molecule has 1 aromatic carbocycles. The maximum absolute atomic E-state index is 11.1. The first kappa shape index (κ1) is 14.2. The zero-order valence-corrected chi connectivity index (χ0v) is 11.7. The number of nitrogens with zero attached hydrogens (tertiary/aromatic N) is 1. The number of carbonyl (C=O) groups is 1. The highest BCUT2D eigenvalue weighted by Crippen LogP contribution is 2.31. The van der Waals surface area contributed by atoms with Crippen LogP contribution in [0.1, 0.15) is 31.4 Å². The lowest BCUT2D eigenvalue weighted by Crippen LogP contribution is -2.38. The van der Waals surface area contributed by atoms with E-state index in [-0.39, 0.29) is 11.8 Å². The van der Waals surface area contributed by atoms with Gasteiger partial charge in [-0.3, -0.25) is 4.79 Å². The van der Waals surface area contributed by atoms with Crippen molar-refractivity contribution >= 4 is 23.2 Å². The van der Waals surface area contributed by atoms with Gasteiger partial charge in [-0.1, -0.05) is 17.7 Å². The summed E-state index contributed by atoms with van der Waals surface area (Å²) in [7, 11) is 0. The number of piperidine rings is 1. The van der Waals surface area contributed by atoms with Crippen molar-refractivity contribution in [2.75, 3.05) is 18.0 Å². The summed E-state index contributed by atoms with van der Waals surface area (Å²) in [4.78, 5) is 13.3. The summed E-state index contributed by atoms with van der Waals surface area (Å²) in [5.41, 5.74) is 7.08. The number of aliphatic hydroxyl groups excluding tert-OH is 1. The molecule has 0 spiro atoms. The Kier molecular flexibility index (Phi) is 4.32. The van der Waals surface area contributed by atoms with Crippen LogP contribution in [0.2, 0.25) is 5.02 Å². The minimum atomic E-state index is -0.521. The van der Waals surface area contributed by atoms with E-state index in [9.17, 15) is 9.90 Å². The van der Waals surface area contributed by atoms with Crippen LogP contribution in [-0.4, -0.2) is 24.1 Å². The van der Waals surface area contributed by atoms with E-state index >= 15 is 0 Å². The van der Waals surface area contributed by atoms with Gasteiger partial charge >= 0.3 is 0 Å². The van der Waals surface area contributed by atoms with Crippen molar-refractivity contribution in [1.29, 1.82) is 0 Å². The zero-order valence-electron chi connectivity index (χ0n) is 11.0. The summed E-state index contributed by atoms with van der Waals surface area (Å²) in [6, 6.07) is 5.60. The van der Waals surface area contributed by atoms with Gasteiger partial charge in [-0.15, -0.1) is 0 Å². The van der Waals surface area contributed by atoms with Crippen LogP contribution < -0.4 is 10.6 Å². The maximum atomic E-state index is 11.1. The number of halogens is 1. The molecule has 1 fully saturated rings. The van der Waals surface area contributed by atoms with Crippen molar-refractivity contribution in [1.82, 2.24) is 0 Å². The second-order valence-electron chi connectivity index (χ2n) is 5.05. The van der Waals surface area contributed by atoms with E-state index in [4.69, 9.17) is 17.3 Å². The molecule has 1 unspecified atom stereocenters. The number of rotatable bonds is 3. The lowest BCUT2D eigenvalue weighted by atomic mass is 9.96. The molecule has 0 saturated carbocycles. The molecular formula is C14H19ClN2O2. The quantitative estimate of drug-likeness (QED) is 0.892. The van der Waals surface area contributed by atoms with Gasteiger partial charge in [0.05, 0.1) is 16.8 Å². The standard InChI is InChI=1S/C14H19ClN2O2/c1-9(18)11-2-3-13(12(15)8-11)17-6-4-10(5-7-17)14(16)19/h2-3,8-10,18H,4-7H2,1H3,(H2,16,19). The second-order valence-corrected chi connectivity index (χ2v) is 5.46. The Morgan fingerprint density at radius 2 is 2.11 bits per heavy atom. The number of carbonyl (C=O) groups excluding carboxylic acids is 1. The molecule has 1 aliphatic heterocycles. The molecule has 0 aromatic heterocycles. The molecule has 1 saturated heterocycles. The van der Waals surface area contributed by atoms with E-state index in [1.807, 2.05) is 12.1 Å². The van der Waals surface area contributed by atoms with Gasteiger partial charge < -0.3 is 15.7 Å². The summed E-state index contributed by atoms with van der Waals surface area (Å²) >= 11 is 6.26. The van der Waals surface area contributed by atoms with Gasteiger partial charge in [0.15, 0.2) is 0 Å². The van der Waals surface area contributed by atoms with E-state index in [0.29, 0.717) is 5.02 Å². The zero-order chi connectivity index (χ0) is 14.0. The first-order chi connectivity index (χ1) is 8.99. The van der Waals surface area contributed by atoms with Crippen molar-refractivity contribution in [3.05, 3.63) is 28.8 Å². The third kappa shape index (κ3) is 3.19. The number of primary amides is 1. The normalized spacial score (nSPS) is 18.4. The molecular weight excluding hydrogens is 264 g/mol. The number of benzene rings is 1. The average Bonchev–Trinajstić information content (AvgIpc) is 2.38. The Hall–Kier alpha value is -1.26. The number of anilines is 1. The predicted octanol–water partition coefficient (Wildman–Crippen LogP) is 2.09. The first-order valence-corrected chi connectivity index (χ1v) is 6.88. The molecule has 1 amide bonds. The Bertz CT molecular complexity index is 469. The molecule has 0 radical (unpaired) electrons. The summed E-state index contributed by atoms with van der Waals surface area (Å²) in [6.07, 6.45) is 1.01. The first-order valence-electron chi connectivity index (χ1n) is 6.51. The molecule has 2 rings (SSSR count). The summed E-state index contributed by atoms with van der Waals surface area (Å²) in [6.45, 7) is 3.27. The molecule has 0 aliphatic carbocycles. The smallest absolute Gasteiger partial charge is 0.220 e. The maximum Gasteiger partial charge on any atom is 0.220 e. The van der Waals surface area contributed by atoms with Crippen LogP contribution in [-0.2, 0) is 4.79 Å². The van der Waals surface area contributed by atoms with E-state index < -0.39 is 6.10 Å². The van der Waals surface area contributed by atoms with E-state index in [1.54, 1.807) is 13.0 Å². The molecule has 19 heavy (non-hydrogen) atoms. The largest absolute Gasteiger partial charge is 0.389 e. The number of aliphatic hydroxyl groups is 1. The van der Waals surface area contributed by atoms with E-state index in [2.05, 4.69) is 4.90 Å². The van der Waals surface area contributed by atoms with Gasteiger partial charge in [0, 0.05) is 19.0 Å². The molecule has 104 valence electrons. The fourth-order valence-electron chi connectivity index (χ4n) is 2.44. The summed E-state index contributed by atoms with van der Waals surface area (Å²) < 4.78 is 0. The highest BCUT2D eigenvalue weighted by molar-refractivity contribution is 6.33. The van der Waals surface area contributed by atoms with Gasteiger partial charge in [-0.05, 0) is 37.5 Å². The van der Waals surface area contributed by atoms with Crippen LogP contribution in [0.5, 0.6) is 0 Å². The second kappa shape index (κ2) is 5.80. The van der Waals surface area contributed by atoms with Crippen molar-refractivity contribution in [3.63, 3.8) is 0 Å². The lowest BCUT2D eigenvalue weighted by Gasteiger charge is -2.33. The molecule has 5 heteroatoms. The van der Waals surface area contributed by atoms with Gasteiger partial charge in [-0.2, -0.15) is 0 Å². The van der Waals surface area contributed by atoms with Crippen LogP contribution in [0.3, 0.4) is 0 Å². The summed E-state index contributed by atoms with van der Waals surface area (Å²) in [5.74, 6) is -0.234. The molecule has 0 bridgehead atoms. The molecule has 1 aromatic rings. The topological polar surface area (TPSA) is 66.6 Å². The van der Waals surface area contributed by atoms with Crippen LogP contribution in [0.25, 0.3) is 0 Å². The number of nitrogens with two attached hydrogens (primary N) is 1. The average molecular weight is 283 g/mol. The van der Waals surface area contributed by atoms with E-state index in [1.165, 1.54) is 0 Å². The molecule has 1 heterocycles. The van der Waals surface area contributed by atoms with Gasteiger partial charge in [-0.25, -0.2) is 0 Å². The highest BCUT2D eigenvalue weighted by Gasteiger charge is 2.24. The summed E-state index contributed by atoms with van der Waals surface area (Å²) in [5, 5.41) is 10.2. The van der Waals surface area contributed by atoms with Gasteiger partial charge in [0.25, 0.3) is 0 Å². The Morgan fingerprint density at radius 3 is 2.58 bits per heavy atom. The minimum absolute atomic E-state index is 0.0215. The Balaban J connectivity index is 2.09. The van der Waals surface area contributed by atoms with Crippen LogP contribution >= 0.6 is 11.6 Å². The Labute approximate surface area is 118 Å². The number of hydrogen-bond acceptors (Lipinski definition) is 3. The molecule has 1 atom stereocenters. The van der Waals surface area contributed by atoms with Gasteiger partial charge in [0.2, 0.25) is 5.91 Å². The van der Waals surface area contributed by atoms with Gasteiger partial charge in [0.1, 0.15) is 0 Å². The third-order valence-corrected chi connectivity index (χ3v) is 3.99. The Morgan fingerprint density at radius 1 is 1.47 bits per heavy atom. The van der Waals surface area contributed by atoms with Crippen LogP contribution in [0.15, 0.2) is 18.2 Å². The monoisotopic (exact) mass is 282 g/mol. The number of amides is 1. The SMILES string of the molecule is CC(O)c1ccc(N2CCC(C(N)=O)CC2)c(Cl)c1. The molecule has 1 aliphatic rings. The fourth-order valence-corrected chi connectivity index (χ4v) is 2.75. The molecule has 3 N–H and O–H groups in total. The van der Waals surface area contributed by atoms with Crippen LogP contribution in [0.4, 0.5) is 5.69 Å². The lowest BCUT2D eigenvalue weighted by molar-refractivity contribution is -0.122. The van der Waals surface area contributed by atoms with Crippen LogP contribution in [0, 0.1) is 5.92 Å². The van der Waals surface area contributed by atoms with Crippen molar-refractivity contribution in [2.45, 2.75) is 25.9 Å².